The molecule has 0 spiro atoms. The van der Waals surface area contributed by atoms with Crippen LogP contribution in [0.15, 0.2) is 11.4 Å². The van der Waals surface area contributed by atoms with Crippen LogP contribution in [-0.2, 0) is 0 Å². The third-order valence-electron chi connectivity index (χ3n) is 2.95. The van der Waals surface area contributed by atoms with Gasteiger partial charge in [-0.15, -0.1) is 0 Å². The van der Waals surface area contributed by atoms with Crippen LogP contribution in [0.5, 0.6) is 0 Å². The molecule has 11 heteroatoms. The second-order valence-electron chi connectivity index (χ2n) is 3.97. The fraction of sp³-hybridized carbons (Fsp3) is 0.750. The molecule has 1 rings (SSSR count). The van der Waals surface area contributed by atoms with Crippen molar-refractivity contribution in [3.8, 4) is 0 Å². The standard InChI is InChI=1S/C8H3F11/c1-4(7(14,15)16)2(6(11,12)13)3(9)5(4,10)8(17,18)19/h1H3. The largest absolute Gasteiger partial charge is 0.430 e. The van der Waals surface area contributed by atoms with Crippen molar-refractivity contribution in [2.75, 3.05) is 0 Å². The SMILES string of the molecule is CC1(C(F)(F)F)C(C(F)(F)F)=C(F)C1(F)C(F)(F)F. The molecule has 0 fully saturated rings. The zero-order valence-corrected chi connectivity index (χ0v) is 8.66. The van der Waals surface area contributed by atoms with Gasteiger partial charge >= 0.3 is 18.5 Å². The smallest absolute Gasteiger partial charge is 0.225 e. The van der Waals surface area contributed by atoms with Crippen LogP contribution in [0.4, 0.5) is 48.3 Å². The lowest BCUT2D eigenvalue weighted by Crippen LogP contribution is -2.70. The van der Waals surface area contributed by atoms with Crippen LogP contribution < -0.4 is 0 Å². The maximum atomic E-state index is 13.4. The van der Waals surface area contributed by atoms with Gasteiger partial charge in [0, 0.05) is 0 Å². The van der Waals surface area contributed by atoms with E-state index in [1.807, 2.05) is 0 Å². The molecule has 2 atom stereocenters. The van der Waals surface area contributed by atoms with Crippen LogP contribution in [0.25, 0.3) is 0 Å². The van der Waals surface area contributed by atoms with Crippen molar-refractivity contribution in [1.29, 1.82) is 0 Å². The van der Waals surface area contributed by atoms with Crippen molar-refractivity contribution in [2.24, 2.45) is 5.41 Å². The Morgan fingerprint density at radius 3 is 1.37 bits per heavy atom. The van der Waals surface area contributed by atoms with Crippen molar-refractivity contribution in [1.82, 2.24) is 0 Å². The Morgan fingerprint density at radius 1 is 0.789 bits per heavy atom. The van der Waals surface area contributed by atoms with E-state index in [2.05, 4.69) is 0 Å². The first-order valence-electron chi connectivity index (χ1n) is 4.33. The number of rotatable bonds is 0. The number of hydrogen-bond donors (Lipinski definition) is 0. The van der Waals surface area contributed by atoms with Crippen LogP contribution in [0, 0.1) is 5.41 Å². The summed E-state index contributed by atoms with van der Waals surface area (Å²) in [7, 11) is 0. The van der Waals surface area contributed by atoms with E-state index in [-0.39, 0.29) is 0 Å². The van der Waals surface area contributed by atoms with E-state index in [0.29, 0.717) is 0 Å². The number of allylic oxidation sites excluding steroid dienone is 2. The van der Waals surface area contributed by atoms with Crippen molar-refractivity contribution >= 4 is 0 Å². The van der Waals surface area contributed by atoms with Crippen molar-refractivity contribution in [3.63, 3.8) is 0 Å². The van der Waals surface area contributed by atoms with E-state index < -0.39 is 47.9 Å². The Kier molecular flexibility index (Phi) is 2.99. The van der Waals surface area contributed by atoms with E-state index >= 15 is 0 Å². The zero-order chi connectivity index (χ0) is 15.7. The first-order chi connectivity index (χ1) is 8.03. The number of alkyl halides is 10. The molecule has 1 aliphatic rings. The maximum Gasteiger partial charge on any atom is 0.430 e. The van der Waals surface area contributed by atoms with Gasteiger partial charge in [0.1, 0.15) is 5.41 Å². The molecule has 0 aromatic rings. The average molecular weight is 308 g/mol. The van der Waals surface area contributed by atoms with Gasteiger partial charge in [0.2, 0.25) is 0 Å². The molecule has 0 radical (unpaired) electrons. The van der Waals surface area contributed by atoms with Crippen LogP contribution in [0.1, 0.15) is 6.92 Å². The highest BCUT2D eigenvalue weighted by Gasteiger charge is 2.88. The summed E-state index contributed by atoms with van der Waals surface area (Å²) in [4.78, 5) is 0. The molecule has 0 saturated heterocycles. The molecular formula is C8H3F11. The molecule has 0 N–H and O–H groups in total. The van der Waals surface area contributed by atoms with E-state index in [0.717, 1.165) is 0 Å². The van der Waals surface area contributed by atoms with Gasteiger partial charge in [-0.2, -0.15) is 39.5 Å². The Hall–Kier alpha value is -1.03. The Bertz CT molecular complexity index is 421. The highest BCUT2D eigenvalue weighted by atomic mass is 19.4. The highest BCUT2D eigenvalue weighted by Crippen LogP contribution is 2.72. The fourth-order valence-electron chi connectivity index (χ4n) is 1.87. The van der Waals surface area contributed by atoms with Crippen LogP contribution in [-0.4, -0.2) is 24.2 Å². The summed E-state index contributed by atoms with van der Waals surface area (Å²) in [6, 6.07) is 0. The molecule has 0 amide bonds. The molecule has 0 aromatic heterocycles. The zero-order valence-electron chi connectivity index (χ0n) is 8.66. The molecule has 0 saturated carbocycles. The lowest BCUT2D eigenvalue weighted by Gasteiger charge is -2.52. The number of halogens is 11. The van der Waals surface area contributed by atoms with Gasteiger partial charge in [0.15, 0.2) is 5.83 Å². The Labute approximate surface area is 97.4 Å². The first-order valence-corrected chi connectivity index (χ1v) is 4.33. The molecule has 0 heterocycles. The molecule has 19 heavy (non-hydrogen) atoms. The summed E-state index contributed by atoms with van der Waals surface area (Å²) in [5.74, 6) is -3.51. The summed E-state index contributed by atoms with van der Waals surface area (Å²) < 4.78 is 137. The quantitative estimate of drug-likeness (QED) is 0.573. The molecule has 1 aliphatic carbocycles. The molecule has 0 nitrogen and oxygen atoms in total. The van der Waals surface area contributed by atoms with Gasteiger partial charge in [-0.3, -0.25) is 0 Å². The van der Waals surface area contributed by atoms with E-state index in [1.54, 1.807) is 0 Å². The third kappa shape index (κ3) is 1.65. The van der Waals surface area contributed by atoms with Gasteiger partial charge in [-0.1, -0.05) is 0 Å². The molecule has 112 valence electrons. The van der Waals surface area contributed by atoms with E-state index in [9.17, 15) is 48.3 Å². The fourth-order valence-corrected chi connectivity index (χ4v) is 1.87. The van der Waals surface area contributed by atoms with Crippen LogP contribution in [0.2, 0.25) is 0 Å². The lowest BCUT2D eigenvalue weighted by atomic mass is 9.57. The van der Waals surface area contributed by atoms with Crippen molar-refractivity contribution in [2.45, 2.75) is 31.1 Å². The van der Waals surface area contributed by atoms with Crippen molar-refractivity contribution in [3.05, 3.63) is 11.4 Å². The minimum atomic E-state index is -6.48. The maximum absolute atomic E-state index is 13.4. The topological polar surface area (TPSA) is 0 Å². The second kappa shape index (κ2) is 3.54. The minimum Gasteiger partial charge on any atom is -0.225 e. The van der Waals surface area contributed by atoms with Gasteiger partial charge in [0.25, 0.3) is 5.67 Å². The summed E-state index contributed by atoms with van der Waals surface area (Å²) in [5.41, 5.74) is -14.0. The van der Waals surface area contributed by atoms with E-state index in [4.69, 9.17) is 0 Å². The Balaban J connectivity index is 3.67. The summed E-state index contributed by atoms with van der Waals surface area (Å²) in [6.07, 6.45) is -18.8. The van der Waals surface area contributed by atoms with Gasteiger partial charge in [-0.25, -0.2) is 8.78 Å². The lowest BCUT2D eigenvalue weighted by molar-refractivity contribution is -0.347. The Morgan fingerprint density at radius 2 is 1.16 bits per heavy atom. The summed E-state index contributed by atoms with van der Waals surface area (Å²) in [5, 5.41) is 0. The molecule has 0 bridgehead atoms. The van der Waals surface area contributed by atoms with Gasteiger partial charge < -0.3 is 0 Å². The average Bonchev–Trinajstić information content (AvgIpc) is 2.10. The molecule has 2 unspecified atom stereocenters. The third-order valence-corrected chi connectivity index (χ3v) is 2.95. The van der Waals surface area contributed by atoms with Crippen molar-refractivity contribution < 1.29 is 48.3 Å². The first kappa shape index (κ1) is 16.0. The normalized spacial score (nSPS) is 33.5. The number of hydrogen-bond acceptors (Lipinski definition) is 0. The molecular weight excluding hydrogens is 305 g/mol. The van der Waals surface area contributed by atoms with Gasteiger partial charge in [-0.05, 0) is 6.92 Å². The molecule has 0 aromatic carbocycles. The monoisotopic (exact) mass is 308 g/mol. The second-order valence-corrected chi connectivity index (χ2v) is 3.97. The van der Waals surface area contributed by atoms with Crippen LogP contribution >= 0.6 is 0 Å². The van der Waals surface area contributed by atoms with Gasteiger partial charge in [0.05, 0.1) is 5.57 Å². The molecule has 0 aliphatic heterocycles. The minimum absolute atomic E-state index is 0.674. The summed E-state index contributed by atoms with van der Waals surface area (Å²) >= 11 is 0. The predicted octanol–water partition coefficient (Wildman–Crippen LogP) is 4.63. The highest BCUT2D eigenvalue weighted by molar-refractivity contribution is 5.48. The van der Waals surface area contributed by atoms with E-state index in [1.165, 1.54) is 0 Å². The summed E-state index contributed by atoms with van der Waals surface area (Å²) in [6.45, 7) is -0.674. The van der Waals surface area contributed by atoms with Crippen LogP contribution in [0.3, 0.4) is 0 Å². The predicted molar refractivity (Wildman–Crippen MR) is 38.2 cm³/mol.